The first kappa shape index (κ1) is 17.4. The highest BCUT2D eigenvalue weighted by Gasteiger charge is 2.28. The Hall–Kier alpha value is -2.39. The summed E-state index contributed by atoms with van der Waals surface area (Å²) in [6.07, 6.45) is 4.47. The van der Waals surface area contributed by atoms with Crippen LogP contribution in [0.25, 0.3) is 0 Å². The van der Waals surface area contributed by atoms with Crippen molar-refractivity contribution in [2.24, 2.45) is 0 Å². The number of hydrogen-bond donors (Lipinski definition) is 0. The Labute approximate surface area is 152 Å². The van der Waals surface area contributed by atoms with Crippen molar-refractivity contribution in [1.29, 1.82) is 5.26 Å². The van der Waals surface area contributed by atoms with Gasteiger partial charge in [0.2, 0.25) is 0 Å². The van der Waals surface area contributed by atoms with Crippen molar-refractivity contribution < 1.29 is 4.79 Å². The zero-order valence-corrected chi connectivity index (χ0v) is 15.2. The van der Waals surface area contributed by atoms with Gasteiger partial charge in [-0.1, -0.05) is 13.0 Å². The highest BCUT2D eigenvalue weighted by Crippen LogP contribution is 2.24. The SMILES string of the molecule is CCCN(C(=O)c1cccs1)C1CCN(c2ccc(C#N)cn2)CC1. The molecule has 2 aromatic rings. The molecule has 0 unspecified atom stereocenters. The Balaban J connectivity index is 1.64. The monoisotopic (exact) mass is 354 g/mol. The maximum Gasteiger partial charge on any atom is 0.264 e. The topological polar surface area (TPSA) is 60.2 Å². The van der Waals surface area contributed by atoms with E-state index in [1.807, 2.05) is 23.6 Å². The van der Waals surface area contributed by atoms with Gasteiger partial charge in [-0.05, 0) is 42.8 Å². The van der Waals surface area contributed by atoms with Crippen LogP contribution in [-0.2, 0) is 0 Å². The smallest absolute Gasteiger partial charge is 0.264 e. The molecule has 1 saturated heterocycles. The third-order valence-corrected chi connectivity index (χ3v) is 5.42. The van der Waals surface area contributed by atoms with Gasteiger partial charge in [-0.3, -0.25) is 4.79 Å². The summed E-state index contributed by atoms with van der Waals surface area (Å²) in [5.74, 6) is 1.07. The molecule has 3 rings (SSSR count). The van der Waals surface area contributed by atoms with Crippen molar-refractivity contribution in [1.82, 2.24) is 9.88 Å². The molecular weight excluding hydrogens is 332 g/mol. The number of piperidine rings is 1. The fourth-order valence-electron chi connectivity index (χ4n) is 3.28. The van der Waals surface area contributed by atoms with Gasteiger partial charge in [-0.25, -0.2) is 4.98 Å². The van der Waals surface area contributed by atoms with E-state index in [-0.39, 0.29) is 11.9 Å². The molecule has 0 atom stereocenters. The number of anilines is 1. The summed E-state index contributed by atoms with van der Waals surface area (Å²) in [5.41, 5.74) is 0.578. The van der Waals surface area contributed by atoms with Gasteiger partial charge in [0.15, 0.2) is 0 Å². The predicted molar refractivity (Wildman–Crippen MR) is 99.8 cm³/mol. The molecule has 0 bridgehead atoms. The summed E-state index contributed by atoms with van der Waals surface area (Å²) in [7, 11) is 0. The largest absolute Gasteiger partial charge is 0.356 e. The number of nitriles is 1. The first-order valence-electron chi connectivity index (χ1n) is 8.68. The van der Waals surface area contributed by atoms with Gasteiger partial charge < -0.3 is 9.80 Å². The summed E-state index contributed by atoms with van der Waals surface area (Å²) in [5, 5.41) is 10.8. The summed E-state index contributed by atoms with van der Waals surface area (Å²) in [4.78, 5) is 22.3. The molecule has 25 heavy (non-hydrogen) atoms. The zero-order chi connectivity index (χ0) is 17.6. The second-order valence-electron chi connectivity index (χ2n) is 6.21. The van der Waals surface area contributed by atoms with Crippen LogP contribution in [-0.4, -0.2) is 41.5 Å². The van der Waals surface area contributed by atoms with E-state index in [0.29, 0.717) is 5.56 Å². The van der Waals surface area contributed by atoms with Gasteiger partial charge in [0.25, 0.3) is 5.91 Å². The van der Waals surface area contributed by atoms with Crippen molar-refractivity contribution in [2.75, 3.05) is 24.5 Å². The third kappa shape index (κ3) is 3.99. The number of rotatable bonds is 5. The van der Waals surface area contributed by atoms with Gasteiger partial charge in [-0.15, -0.1) is 11.3 Å². The molecule has 6 heteroatoms. The van der Waals surface area contributed by atoms with Crippen LogP contribution in [0.1, 0.15) is 41.4 Å². The minimum Gasteiger partial charge on any atom is -0.356 e. The molecule has 3 heterocycles. The zero-order valence-electron chi connectivity index (χ0n) is 14.4. The highest BCUT2D eigenvalue weighted by molar-refractivity contribution is 7.12. The van der Waals surface area contributed by atoms with Crippen molar-refractivity contribution in [3.63, 3.8) is 0 Å². The lowest BCUT2D eigenvalue weighted by Gasteiger charge is -2.39. The molecule has 1 aliphatic heterocycles. The number of carbonyl (C=O) groups is 1. The van der Waals surface area contributed by atoms with Gasteiger partial charge in [0.1, 0.15) is 11.9 Å². The predicted octanol–water partition coefficient (Wildman–Crippen LogP) is 3.54. The molecule has 0 saturated carbocycles. The Morgan fingerprint density at radius 2 is 2.20 bits per heavy atom. The molecular formula is C19H22N4OS. The summed E-state index contributed by atoms with van der Waals surface area (Å²) in [6, 6.07) is 9.92. The van der Waals surface area contributed by atoms with Crippen molar-refractivity contribution >= 4 is 23.1 Å². The number of nitrogens with zero attached hydrogens (tertiary/aromatic N) is 4. The van der Waals surface area contributed by atoms with Crippen LogP contribution in [0, 0.1) is 11.3 Å². The van der Waals surface area contributed by atoms with Crippen molar-refractivity contribution in [2.45, 2.75) is 32.2 Å². The van der Waals surface area contributed by atoms with Crippen LogP contribution in [0.15, 0.2) is 35.8 Å². The minimum absolute atomic E-state index is 0.159. The maximum absolute atomic E-state index is 12.8. The number of carbonyl (C=O) groups excluding carboxylic acids is 1. The molecule has 2 aromatic heterocycles. The van der Waals surface area contributed by atoms with Crippen LogP contribution >= 0.6 is 11.3 Å². The molecule has 5 nitrogen and oxygen atoms in total. The highest BCUT2D eigenvalue weighted by atomic mass is 32.1. The number of hydrogen-bond acceptors (Lipinski definition) is 5. The average molecular weight is 354 g/mol. The van der Waals surface area contributed by atoms with Gasteiger partial charge in [-0.2, -0.15) is 5.26 Å². The molecule has 0 radical (unpaired) electrons. The van der Waals surface area contributed by atoms with Gasteiger partial charge >= 0.3 is 0 Å². The first-order valence-corrected chi connectivity index (χ1v) is 9.56. The van der Waals surface area contributed by atoms with Gasteiger partial charge in [0.05, 0.1) is 10.4 Å². The van der Waals surface area contributed by atoms with E-state index in [1.54, 1.807) is 12.3 Å². The Kier molecular flexibility index (Phi) is 5.67. The summed E-state index contributed by atoms with van der Waals surface area (Å²) < 4.78 is 0. The lowest BCUT2D eigenvalue weighted by molar-refractivity contribution is 0.0655. The van der Waals surface area contributed by atoms with E-state index in [9.17, 15) is 4.79 Å². The Morgan fingerprint density at radius 1 is 1.40 bits per heavy atom. The standard InChI is InChI=1S/C19H22N4OS/c1-2-9-23(19(24)17-4-3-12-25-17)16-7-10-22(11-8-16)18-6-5-15(13-20)14-21-18/h3-6,12,14,16H,2,7-11H2,1H3. The quantitative estimate of drug-likeness (QED) is 0.824. The fourth-order valence-corrected chi connectivity index (χ4v) is 3.96. The molecule has 130 valence electrons. The van der Waals surface area contributed by atoms with Crippen LogP contribution in [0.3, 0.4) is 0 Å². The van der Waals surface area contributed by atoms with Crippen LogP contribution in [0.2, 0.25) is 0 Å². The second kappa shape index (κ2) is 8.13. The summed E-state index contributed by atoms with van der Waals surface area (Å²) >= 11 is 1.51. The minimum atomic E-state index is 0.159. The van der Waals surface area contributed by atoms with Gasteiger partial charge in [0, 0.05) is 31.9 Å². The third-order valence-electron chi connectivity index (χ3n) is 4.56. The van der Waals surface area contributed by atoms with E-state index in [1.165, 1.54) is 11.3 Å². The number of amides is 1. The Morgan fingerprint density at radius 3 is 2.76 bits per heavy atom. The second-order valence-corrected chi connectivity index (χ2v) is 7.16. The lowest BCUT2D eigenvalue weighted by atomic mass is 10.0. The van der Waals surface area contributed by atoms with E-state index >= 15 is 0 Å². The Bertz CT molecular complexity index is 728. The molecule has 0 spiro atoms. The first-order chi connectivity index (χ1) is 12.2. The normalized spacial score (nSPS) is 15.0. The molecule has 1 aliphatic rings. The molecule has 0 aromatic carbocycles. The molecule has 1 amide bonds. The van der Waals surface area contributed by atoms with E-state index in [0.717, 1.165) is 49.6 Å². The van der Waals surface area contributed by atoms with Crippen molar-refractivity contribution in [3.05, 3.63) is 46.3 Å². The number of thiophene rings is 1. The lowest BCUT2D eigenvalue weighted by Crippen LogP contribution is -2.47. The van der Waals surface area contributed by atoms with Crippen LogP contribution in [0.4, 0.5) is 5.82 Å². The molecule has 1 fully saturated rings. The average Bonchev–Trinajstić information content (AvgIpc) is 3.21. The van der Waals surface area contributed by atoms with Crippen molar-refractivity contribution in [3.8, 4) is 6.07 Å². The van der Waals surface area contributed by atoms with E-state index in [4.69, 9.17) is 5.26 Å². The maximum atomic E-state index is 12.8. The van der Waals surface area contributed by atoms with E-state index in [2.05, 4.69) is 27.8 Å². The fraction of sp³-hybridized carbons (Fsp3) is 0.421. The van der Waals surface area contributed by atoms with Crippen LogP contribution < -0.4 is 4.90 Å². The van der Waals surface area contributed by atoms with Crippen LogP contribution in [0.5, 0.6) is 0 Å². The number of pyridine rings is 1. The van der Waals surface area contributed by atoms with E-state index < -0.39 is 0 Å². The molecule has 0 N–H and O–H groups in total. The number of aromatic nitrogens is 1. The molecule has 0 aliphatic carbocycles. The summed E-state index contributed by atoms with van der Waals surface area (Å²) in [6.45, 7) is 4.67.